The lowest BCUT2D eigenvalue weighted by Crippen LogP contribution is -2.53. The largest absolute Gasteiger partial charge is 0.354 e. The fraction of sp³-hybridized carbons (Fsp3) is 0.235. The molecule has 7 nitrogen and oxygen atoms in total. The molecule has 0 aliphatic heterocycles. The van der Waals surface area contributed by atoms with Crippen molar-refractivity contribution in [3.05, 3.63) is 129 Å². The Morgan fingerprint density at radius 2 is 1.53 bits per heavy atom. The second-order valence-electron chi connectivity index (χ2n) is 10.4. The van der Waals surface area contributed by atoms with Gasteiger partial charge in [0.1, 0.15) is 12.6 Å². The molecule has 0 spiro atoms. The minimum atomic E-state index is -4.27. The van der Waals surface area contributed by atoms with Crippen LogP contribution < -0.4 is 9.62 Å². The fourth-order valence-electron chi connectivity index (χ4n) is 4.81. The van der Waals surface area contributed by atoms with Gasteiger partial charge in [-0.1, -0.05) is 113 Å². The van der Waals surface area contributed by atoms with Gasteiger partial charge in [0.2, 0.25) is 11.8 Å². The summed E-state index contributed by atoms with van der Waals surface area (Å²) in [4.78, 5) is 29.7. The number of unbranched alkanes of at least 4 members (excludes halogenated alkanes) is 1. The average Bonchev–Trinajstić information content (AvgIpc) is 3.03. The molecule has 0 aliphatic carbocycles. The summed E-state index contributed by atoms with van der Waals surface area (Å²) >= 11 is 16.2. The molecular formula is C34H34BrCl2N3O4S. The first-order chi connectivity index (χ1) is 21.6. The fourth-order valence-corrected chi connectivity index (χ4v) is 7.27. The zero-order valence-corrected chi connectivity index (χ0v) is 28.6. The highest BCUT2D eigenvalue weighted by molar-refractivity contribution is 9.10. The van der Waals surface area contributed by atoms with Crippen LogP contribution in [0.25, 0.3) is 0 Å². The third-order valence-electron chi connectivity index (χ3n) is 7.13. The number of carbonyl (C=O) groups excluding carboxylic acids is 2. The molecule has 0 radical (unpaired) electrons. The number of anilines is 1. The maximum absolute atomic E-state index is 14.5. The third-order valence-corrected chi connectivity index (χ3v) is 9.94. The Kier molecular flexibility index (Phi) is 12.5. The van der Waals surface area contributed by atoms with Crippen LogP contribution in [-0.4, -0.2) is 44.3 Å². The lowest BCUT2D eigenvalue weighted by molar-refractivity contribution is -0.140. The number of benzene rings is 4. The van der Waals surface area contributed by atoms with Gasteiger partial charge in [-0.25, -0.2) is 8.42 Å². The van der Waals surface area contributed by atoms with Crippen LogP contribution in [0, 0.1) is 0 Å². The van der Waals surface area contributed by atoms with Gasteiger partial charge in [-0.3, -0.25) is 13.9 Å². The van der Waals surface area contributed by atoms with Gasteiger partial charge in [-0.15, -0.1) is 0 Å². The number of sulfonamides is 1. The molecule has 11 heteroatoms. The van der Waals surface area contributed by atoms with Crippen molar-refractivity contribution in [1.82, 2.24) is 10.2 Å². The van der Waals surface area contributed by atoms with E-state index < -0.39 is 28.5 Å². The minimum absolute atomic E-state index is 0.0134. The van der Waals surface area contributed by atoms with Gasteiger partial charge >= 0.3 is 0 Å². The van der Waals surface area contributed by atoms with Crippen LogP contribution in [0.1, 0.15) is 30.9 Å². The van der Waals surface area contributed by atoms with Gasteiger partial charge in [-0.2, -0.15) is 0 Å². The smallest absolute Gasteiger partial charge is 0.264 e. The first-order valence-electron chi connectivity index (χ1n) is 14.5. The number of carbonyl (C=O) groups is 2. The predicted octanol–water partition coefficient (Wildman–Crippen LogP) is 7.51. The van der Waals surface area contributed by atoms with Gasteiger partial charge in [-0.05, 0) is 60.0 Å². The normalized spacial score (nSPS) is 11.9. The Morgan fingerprint density at radius 3 is 2.18 bits per heavy atom. The lowest BCUT2D eigenvalue weighted by atomic mass is 10.0. The molecule has 0 heterocycles. The second-order valence-corrected chi connectivity index (χ2v) is 14.0. The van der Waals surface area contributed by atoms with E-state index >= 15 is 0 Å². The second kappa shape index (κ2) is 16.3. The maximum atomic E-state index is 14.5. The van der Waals surface area contributed by atoms with Gasteiger partial charge < -0.3 is 10.2 Å². The highest BCUT2D eigenvalue weighted by Crippen LogP contribution is 2.33. The number of rotatable bonds is 14. The van der Waals surface area contributed by atoms with Crippen molar-refractivity contribution < 1.29 is 18.0 Å². The van der Waals surface area contributed by atoms with Crippen LogP contribution >= 0.6 is 39.1 Å². The van der Waals surface area contributed by atoms with E-state index in [1.54, 1.807) is 18.2 Å². The average molecular weight is 732 g/mol. The van der Waals surface area contributed by atoms with E-state index in [2.05, 4.69) is 21.2 Å². The first-order valence-corrected chi connectivity index (χ1v) is 17.5. The van der Waals surface area contributed by atoms with E-state index in [4.69, 9.17) is 23.2 Å². The van der Waals surface area contributed by atoms with E-state index in [0.717, 1.165) is 32.7 Å². The molecule has 1 atom stereocenters. The van der Waals surface area contributed by atoms with Crippen molar-refractivity contribution in [3.8, 4) is 0 Å². The van der Waals surface area contributed by atoms with Crippen LogP contribution in [0.4, 0.5) is 5.69 Å². The summed E-state index contributed by atoms with van der Waals surface area (Å²) in [5.41, 5.74) is 1.71. The Bertz CT molecular complexity index is 1710. The highest BCUT2D eigenvalue weighted by Gasteiger charge is 2.35. The molecule has 0 bridgehead atoms. The van der Waals surface area contributed by atoms with Crippen LogP contribution in [0.5, 0.6) is 0 Å². The summed E-state index contributed by atoms with van der Waals surface area (Å²) in [6, 6.07) is 28.1. The van der Waals surface area contributed by atoms with E-state index in [1.807, 2.05) is 61.5 Å². The zero-order chi connectivity index (χ0) is 32.4. The molecular weight excluding hydrogens is 697 g/mol. The van der Waals surface area contributed by atoms with E-state index in [0.29, 0.717) is 11.6 Å². The highest BCUT2D eigenvalue weighted by atomic mass is 79.9. The Hall–Kier alpha value is -3.37. The van der Waals surface area contributed by atoms with Gasteiger partial charge in [0.25, 0.3) is 10.0 Å². The third kappa shape index (κ3) is 9.33. The summed E-state index contributed by atoms with van der Waals surface area (Å²) in [5.74, 6) is -0.898. The van der Waals surface area contributed by atoms with Gasteiger partial charge in [0.05, 0.1) is 15.6 Å². The molecule has 0 saturated carbocycles. The summed E-state index contributed by atoms with van der Waals surface area (Å²) in [6.45, 7) is 1.93. The topological polar surface area (TPSA) is 86.8 Å². The Morgan fingerprint density at radius 1 is 0.867 bits per heavy atom. The monoisotopic (exact) mass is 729 g/mol. The van der Waals surface area contributed by atoms with Crippen LogP contribution in [-0.2, 0) is 32.6 Å². The summed E-state index contributed by atoms with van der Waals surface area (Å²) < 4.78 is 29.9. The maximum Gasteiger partial charge on any atom is 0.264 e. The number of hydrogen-bond acceptors (Lipinski definition) is 4. The molecule has 45 heavy (non-hydrogen) atoms. The molecule has 0 saturated heterocycles. The van der Waals surface area contributed by atoms with Crippen LogP contribution in [0.2, 0.25) is 10.0 Å². The van der Waals surface area contributed by atoms with Gasteiger partial charge in [0, 0.05) is 29.0 Å². The standard InChI is InChI=1S/C34H34BrCl2N3O4S/c1-2-3-19-38-34(42)32(21-25-11-6-4-7-12-25)39(23-26-13-10-14-27(35)20-26)33(41)24-40(31-18-17-28(36)22-30(31)37)45(43,44)29-15-8-5-9-16-29/h4-18,20,22,32H,2-3,19,21,23-24H2,1H3,(H,38,42)/t32-/m1/s1. The molecule has 4 aromatic rings. The molecule has 1 N–H and O–H groups in total. The number of halogens is 3. The van der Waals surface area contributed by atoms with E-state index in [1.165, 1.54) is 35.2 Å². The zero-order valence-electron chi connectivity index (χ0n) is 24.7. The van der Waals surface area contributed by atoms with E-state index in [9.17, 15) is 18.0 Å². The minimum Gasteiger partial charge on any atom is -0.354 e. The predicted molar refractivity (Wildman–Crippen MR) is 184 cm³/mol. The Balaban J connectivity index is 1.81. The number of hydrogen-bond donors (Lipinski definition) is 1. The van der Waals surface area contributed by atoms with Crippen LogP contribution in [0.3, 0.4) is 0 Å². The molecule has 4 aromatic carbocycles. The molecule has 0 aromatic heterocycles. The lowest BCUT2D eigenvalue weighted by Gasteiger charge is -2.34. The van der Waals surface area contributed by atoms with E-state index in [-0.39, 0.29) is 34.5 Å². The molecule has 0 aliphatic rings. The summed E-state index contributed by atoms with van der Waals surface area (Å²) in [6.07, 6.45) is 1.89. The number of nitrogens with one attached hydrogen (secondary N) is 1. The summed E-state index contributed by atoms with van der Waals surface area (Å²) in [7, 11) is -4.27. The first kappa shape index (κ1) is 34.5. The van der Waals surface area contributed by atoms with Crippen molar-refractivity contribution in [3.63, 3.8) is 0 Å². The molecule has 236 valence electrons. The van der Waals surface area contributed by atoms with Crippen molar-refractivity contribution in [1.29, 1.82) is 0 Å². The SMILES string of the molecule is CCCCNC(=O)[C@@H](Cc1ccccc1)N(Cc1cccc(Br)c1)C(=O)CN(c1ccc(Cl)cc1Cl)S(=O)(=O)c1ccccc1. The number of amides is 2. The molecule has 0 unspecified atom stereocenters. The van der Waals surface area contributed by atoms with Crippen molar-refractivity contribution >= 4 is 66.7 Å². The Labute approximate surface area is 283 Å². The summed E-state index contributed by atoms with van der Waals surface area (Å²) in [5, 5.41) is 3.36. The number of nitrogens with zero attached hydrogens (tertiary/aromatic N) is 2. The molecule has 2 amide bonds. The van der Waals surface area contributed by atoms with Crippen molar-refractivity contribution in [2.75, 3.05) is 17.4 Å². The van der Waals surface area contributed by atoms with Gasteiger partial charge in [0.15, 0.2) is 0 Å². The van der Waals surface area contributed by atoms with Crippen LogP contribution in [0.15, 0.2) is 112 Å². The molecule has 0 fully saturated rings. The molecule has 4 rings (SSSR count). The quantitative estimate of drug-likeness (QED) is 0.136. The van der Waals surface area contributed by atoms with Crippen molar-refractivity contribution in [2.24, 2.45) is 0 Å². The van der Waals surface area contributed by atoms with Crippen molar-refractivity contribution in [2.45, 2.75) is 43.7 Å².